The standard InChI is InChI=1S/C21H21FN4O3/c22-16-8-10-17(11-9-16)23-19(27)18(14-5-2-1-3-6-14)26-12-4-7-15(13-26)20-24-25-21(28)29-20/h1-3,5-6,8-11,15,18H,4,7,12-13H2,(H,23,27)(H,25,28)/t15-,18-/m0/s1. The minimum Gasteiger partial charge on any atom is -0.392 e. The van der Waals surface area contributed by atoms with Crippen LogP contribution in [0.1, 0.15) is 36.3 Å². The first-order valence-corrected chi connectivity index (χ1v) is 9.51. The Kier molecular flexibility index (Phi) is 5.53. The Hall–Kier alpha value is -3.26. The number of carbonyl (C=O) groups excluding carboxylic acids is 1. The molecule has 1 aliphatic heterocycles. The van der Waals surface area contributed by atoms with Crippen LogP contribution in [0.3, 0.4) is 0 Å². The molecule has 1 aliphatic rings. The molecule has 2 atom stereocenters. The molecule has 0 spiro atoms. The van der Waals surface area contributed by atoms with E-state index in [1.54, 1.807) is 0 Å². The van der Waals surface area contributed by atoms with Gasteiger partial charge in [0.1, 0.15) is 11.9 Å². The van der Waals surface area contributed by atoms with Gasteiger partial charge in [-0.1, -0.05) is 30.3 Å². The van der Waals surface area contributed by atoms with Gasteiger partial charge >= 0.3 is 5.76 Å². The topological polar surface area (TPSA) is 91.2 Å². The zero-order chi connectivity index (χ0) is 20.2. The third kappa shape index (κ3) is 4.43. The minimum absolute atomic E-state index is 0.0764. The summed E-state index contributed by atoms with van der Waals surface area (Å²) >= 11 is 0. The second-order valence-corrected chi connectivity index (χ2v) is 7.09. The second-order valence-electron chi connectivity index (χ2n) is 7.09. The maximum Gasteiger partial charge on any atom is 0.434 e. The predicted octanol–water partition coefficient (Wildman–Crippen LogP) is 3.06. The summed E-state index contributed by atoms with van der Waals surface area (Å²) in [6.07, 6.45) is 1.67. The average Bonchev–Trinajstić information content (AvgIpc) is 3.17. The molecule has 150 valence electrons. The monoisotopic (exact) mass is 396 g/mol. The maximum atomic E-state index is 13.2. The van der Waals surface area contributed by atoms with E-state index in [0.29, 0.717) is 18.1 Å². The summed E-state index contributed by atoms with van der Waals surface area (Å²) in [5.41, 5.74) is 1.39. The lowest BCUT2D eigenvalue weighted by Gasteiger charge is -2.36. The van der Waals surface area contributed by atoms with E-state index in [4.69, 9.17) is 4.42 Å². The third-order valence-corrected chi connectivity index (χ3v) is 5.10. The fraction of sp³-hybridized carbons (Fsp3) is 0.286. The second kappa shape index (κ2) is 8.40. The SMILES string of the molecule is O=C(Nc1ccc(F)cc1)[C@H](c1ccccc1)N1CCC[C@H](c2n[nH]c(=O)o2)C1. The molecule has 1 saturated heterocycles. The van der Waals surface area contributed by atoms with E-state index in [9.17, 15) is 14.0 Å². The van der Waals surface area contributed by atoms with Gasteiger partial charge in [0.05, 0.1) is 5.92 Å². The molecule has 2 N–H and O–H groups in total. The number of anilines is 1. The molecule has 1 amide bonds. The number of aromatic amines is 1. The van der Waals surface area contributed by atoms with Crippen LogP contribution in [-0.4, -0.2) is 34.1 Å². The number of aromatic nitrogens is 2. The summed E-state index contributed by atoms with van der Waals surface area (Å²) in [7, 11) is 0. The van der Waals surface area contributed by atoms with Gasteiger partial charge in [0.25, 0.3) is 0 Å². The Morgan fingerprint density at radius 3 is 2.66 bits per heavy atom. The van der Waals surface area contributed by atoms with E-state index in [0.717, 1.165) is 24.9 Å². The highest BCUT2D eigenvalue weighted by molar-refractivity contribution is 5.95. The van der Waals surface area contributed by atoms with Crippen LogP contribution >= 0.6 is 0 Å². The first kappa shape index (κ1) is 19.1. The number of halogens is 1. The lowest BCUT2D eigenvalue weighted by atomic mass is 9.94. The van der Waals surface area contributed by atoms with Gasteiger partial charge in [-0.2, -0.15) is 0 Å². The van der Waals surface area contributed by atoms with E-state index in [2.05, 4.69) is 20.4 Å². The first-order chi connectivity index (χ1) is 14.1. The van der Waals surface area contributed by atoms with Crippen LogP contribution in [0.2, 0.25) is 0 Å². The molecule has 7 nitrogen and oxygen atoms in total. The van der Waals surface area contributed by atoms with Gasteiger partial charge in [-0.15, -0.1) is 5.10 Å². The molecule has 0 unspecified atom stereocenters. The van der Waals surface area contributed by atoms with E-state index < -0.39 is 11.8 Å². The molecule has 1 aromatic heterocycles. The highest BCUT2D eigenvalue weighted by Crippen LogP contribution is 2.32. The Morgan fingerprint density at radius 1 is 1.21 bits per heavy atom. The average molecular weight is 396 g/mol. The zero-order valence-corrected chi connectivity index (χ0v) is 15.7. The van der Waals surface area contributed by atoms with Gasteiger partial charge in [0, 0.05) is 12.2 Å². The van der Waals surface area contributed by atoms with Gasteiger partial charge in [-0.25, -0.2) is 14.3 Å². The predicted molar refractivity (Wildman–Crippen MR) is 105 cm³/mol. The summed E-state index contributed by atoms with van der Waals surface area (Å²) < 4.78 is 18.3. The number of benzene rings is 2. The summed E-state index contributed by atoms with van der Waals surface area (Å²) in [6, 6.07) is 14.7. The number of carbonyl (C=O) groups is 1. The molecule has 29 heavy (non-hydrogen) atoms. The molecule has 2 heterocycles. The van der Waals surface area contributed by atoms with Crippen LogP contribution in [0.15, 0.2) is 63.8 Å². The molecule has 2 aromatic carbocycles. The van der Waals surface area contributed by atoms with Crippen molar-refractivity contribution in [3.05, 3.63) is 82.4 Å². The van der Waals surface area contributed by atoms with Crippen molar-refractivity contribution < 1.29 is 13.6 Å². The Morgan fingerprint density at radius 2 is 1.97 bits per heavy atom. The van der Waals surface area contributed by atoms with Crippen molar-refractivity contribution in [1.82, 2.24) is 15.1 Å². The normalized spacial score (nSPS) is 18.3. The molecule has 0 radical (unpaired) electrons. The van der Waals surface area contributed by atoms with Crippen LogP contribution in [0, 0.1) is 5.82 Å². The Balaban J connectivity index is 1.59. The lowest BCUT2D eigenvalue weighted by Crippen LogP contribution is -2.42. The number of piperidine rings is 1. The number of H-pyrrole nitrogens is 1. The van der Waals surface area contributed by atoms with Crippen molar-refractivity contribution in [3.63, 3.8) is 0 Å². The van der Waals surface area contributed by atoms with Gasteiger partial charge < -0.3 is 9.73 Å². The lowest BCUT2D eigenvalue weighted by molar-refractivity contribution is -0.122. The first-order valence-electron chi connectivity index (χ1n) is 9.51. The summed E-state index contributed by atoms with van der Waals surface area (Å²) in [6.45, 7) is 1.26. The summed E-state index contributed by atoms with van der Waals surface area (Å²) in [4.78, 5) is 26.6. The largest absolute Gasteiger partial charge is 0.434 e. The van der Waals surface area contributed by atoms with Crippen LogP contribution in [0.4, 0.5) is 10.1 Å². The Labute approximate surface area is 166 Å². The molecule has 3 aromatic rings. The van der Waals surface area contributed by atoms with Crippen molar-refractivity contribution in [2.24, 2.45) is 0 Å². The highest BCUT2D eigenvalue weighted by atomic mass is 19.1. The molecule has 1 fully saturated rings. The molecule has 0 saturated carbocycles. The Bertz CT molecular complexity index is 1020. The number of rotatable bonds is 5. The number of likely N-dealkylation sites (tertiary alicyclic amines) is 1. The van der Waals surface area contributed by atoms with Crippen molar-refractivity contribution >= 4 is 11.6 Å². The number of hydrogen-bond acceptors (Lipinski definition) is 5. The van der Waals surface area contributed by atoms with Crippen molar-refractivity contribution in [2.45, 2.75) is 24.8 Å². The number of hydrogen-bond donors (Lipinski definition) is 2. The smallest absolute Gasteiger partial charge is 0.392 e. The van der Waals surface area contributed by atoms with E-state index in [1.807, 2.05) is 30.3 Å². The van der Waals surface area contributed by atoms with Gasteiger partial charge in [0.15, 0.2) is 0 Å². The van der Waals surface area contributed by atoms with Crippen molar-refractivity contribution in [2.75, 3.05) is 18.4 Å². The number of nitrogens with zero attached hydrogens (tertiary/aromatic N) is 2. The van der Waals surface area contributed by atoms with Crippen LogP contribution < -0.4 is 11.1 Å². The minimum atomic E-state index is -0.578. The molecular formula is C21H21FN4O3. The molecule has 0 aliphatic carbocycles. The van der Waals surface area contributed by atoms with Crippen LogP contribution in [0.25, 0.3) is 0 Å². The van der Waals surface area contributed by atoms with E-state index in [-0.39, 0.29) is 17.6 Å². The van der Waals surface area contributed by atoms with Gasteiger partial charge in [0.2, 0.25) is 11.8 Å². The summed E-state index contributed by atoms with van der Waals surface area (Å²) in [5, 5.41) is 9.14. The summed E-state index contributed by atoms with van der Waals surface area (Å²) in [5.74, 6) is -0.849. The maximum absolute atomic E-state index is 13.2. The molecular weight excluding hydrogens is 375 g/mol. The van der Waals surface area contributed by atoms with Gasteiger partial charge in [-0.05, 0) is 49.2 Å². The zero-order valence-electron chi connectivity index (χ0n) is 15.7. The van der Waals surface area contributed by atoms with E-state index >= 15 is 0 Å². The van der Waals surface area contributed by atoms with E-state index in [1.165, 1.54) is 24.3 Å². The fourth-order valence-corrected chi connectivity index (χ4v) is 3.77. The van der Waals surface area contributed by atoms with Crippen molar-refractivity contribution in [3.8, 4) is 0 Å². The number of amides is 1. The number of nitrogens with one attached hydrogen (secondary N) is 2. The molecule has 8 heteroatoms. The molecule has 4 rings (SSSR count). The van der Waals surface area contributed by atoms with Crippen LogP contribution in [0.5, 0.6) is 0 Å². The van der Waals surface area contributed by atoms with Gasteiger partial charge in [-0.3, -0.25) is 9.69 Å². The fourth-order valence-electron chi connectivity index (χ4n) is 3.77. The molecule has 0 bridgehead atoms. The quantitative estimate of drug-likeness (QED) is 0.692. The van der Waals surface area contributed by atoms with Crippen LogP contribution in [-0.2, 0) is 4.79 Å². The van der Waals surface area contributed by atoms with Crippen molar-refractivity contribution in [1.29, 1.82) is 0 Å². The third-order valence-electron chi connectivity index (χ3n) is 5.10. The highest BCUT2D eigenvalue weighted by Gasteiger charge is 2.34.